The van der Waals surface area contributed by atoms with Gasteiger partial charge in [0.1, 0.15) is 0 Å². The lowest BCUT2D eigenvalue weighted by Crippen LogP contribution is -2.38. The number of morpholine rings is 1. The van der Waals surface area contributed by atoms with Crippen molar-refractivity contribution in [1.82, 2.24) is 10.2 Å². The van der Waals surface area contributed by atoms with Gasteiger partial charge in [-0.05, 0) is 37.2 Å². The van der Waals surface area contributed by atoms with Crippen LogP contribution >= 0.6 is 11.8 Å². The highest BCUT2D eigenvalue weighted by Crippen LogP contribution is 2.34. The molecule has 2 atom stereocenters. The lowest BCUT2D eigenvalue weighted by molar-refractivity contribution is 0.0374. The van der Waals surface area contributed by atoms with Gasteiger partial charge in [-0.15, -0.1) is 0 Å². The van der Waals surface area contributed by atoms with E-state index in [9.17, 15) is 13.2 Å². The Hall–Kier alpha value is -1.62. The fraction of sp³-hybridized carbons (Fsp3) is 0.579. The summed E-state index contributed by atoms with van der Waals surface area (Å²) in [5.74, 6) is 0.258. The van der Waals surface area contributed by atoms with E-state index in [4.69, 9.17) is 4.74 Å². The van der Waals surface area contributed by atoms with Crippen molar-refractivity contribution in [2.24, 2.45) is 4.99 Å². The van der Waals surface area contributed by atoms with Crippen LogP contribution in [-0.2, 0) is 14.6 Å². The second-order valence-electron chi connectivity index (χ2n) is 7.50. The van der Waals surface area contributed by atoms with Crippen molar-refractivity contribution in [1.29, 1.82) is 0 Å². The summed E-state index contributed by atoms with van der Waals surface area (Å²) < 4.78 is 28.6. The van der Waals surface area contributed by atoms with Crippen molar-refractivity contribution >= 4 is 38.4 Å². The highest BCUT2D eigenvalue weighted by molar-refractivity contribution is 8.15. The van der Waals surface area contributed by atoms with E-state index in [1.165, 1.54) is 11.8 Å². The van der Waals surface area contributed by atoms with Crippen molar-refractivity contribution in [3.63, 3.8) is 0 Å². The van der Waals surface area contributed by atoms with Crippen LogP contribution in [0, 0.1) is 0 Å². The third kappa shape index (κ3) is 5.50. The summed E-state index contributed by atoms with van der Waals surface area (Å²) in [6.07, 6.45) is 0.917. The number of ether oxygens (including phenoxy) is 1. The van der Waals surface area contributed by atoms with E-state index in [0.717, 1.165) is 50.1 Å². The highest BCUT2D eigenvalue weighted by atomic mass is 32.2. The molecule has 3 aliphatic heterocycles. The van der Waals surface area contributed by atoms with Crippen LogP contribution < -0.4 is 10.6 Å². The van der Waals surface area contributed by atoms with Gasteiger partial charge in [0, 0.05) is 36.1 Å². The summed E-state index contributed by atoms with van der Waals surface area (Å²) in [4.78, 5) is 19.1. The molecule has 1 aromatic rings. The molecule has 29 heavy (non-hydrogen) atoms. The first-order chi connectivity index (χ1) is 14.0. The maximum absolute atomic E-state index is 12.3. The van der Waals surface area contributed by atoms with Gasteiger partial charge in [0.2, 0.25) is 0 Å². The number of anilines is 1. The van der Waals surface area contributed by atoms with Gasteiger partial charge in [0.25, 0.3) is 5.91 Å². The van der Waals surface area contributed by atoms with E-state index < -0.39 is 9.84 Å². The van der Waals surface area contributed by atoms with Gasteiger partial charge >= 0.3 is 0 Å². The first-order valence-corrected chi connectivity index (χ1v) is 12.6. The van der Waals surface area contributed by atoms with Crippen LogP contribution in [0.3, 0.4) is 0 Å². The average molecular weight is 439 g/mol. The zero-order valence-corrected chi connectivity index (χ0v) is 17.8. The molecule has 0 unspecified atom stereocenters. The van der Waals surface area contributed by atoms with Crippen LogP contribution in [0.25, 0.3) is 0 Å². The third-order valence-electron chi connectivity index (χ3n) is 5.26. The van der Waals surface area contributed by atoms with Gasteiger partial charge in [-0.25, -0.2) is 8.42 Å². The highest BCUT2D eigenvalue weighted by Gasteiger charge is 2.42. The number of sulfone groups is 1. The van der Waals surface area contributed by atoms with Crippen LogP contribution in [0.5, 0.6) is 0 Å². The monoisotopic (exact) mass is 438 g/mol. The van der Waals surface area contributed by atoms with E-state index >= 15 is 0 Å². The molecular weight excluding hydrogens is 412 g/mol. The van der Waals surface area contributed by atoms with Gasteiger partial charge in [-0.2, -0.15) is 0 Å². The number of amidine groups is 1. The van der Waals surface area contributed by atoms with Crippen molar-refractivity contribution in [2.45, 2.75) is 17.7 Å². The van der Waals surface area contributed by atoms with Gasteiger partial charge < -0.3 is 15.4 Å². The number of fused-ring (bicyclic) bond motifs is 1. The summed E-state index contributed by atoms with van der Waals surface area (Å²) >= 11 is 1.48. The number of amides is 1. The Balaban J connectivity index is 1.21. The predicted molar refractivity (Wildman–Crippen MR) is 116 cm³/mol. The summed E-state index contributed by atoms with van der Waals surface area (Å²) in [6.45, 7) is 5.12. The van der Waals surface area contributed by atoms with Crippen LogP contribution in [0.2, 0.25) is 0 Å². The maximum Gasteiger partial charge on any atom is 0.251 e. The van der Waals surface area contributed by atoms with Gasteiger partial charge in [-0.3, -0.25) is 14.7 Å². The summed E-state index contributed by atoms with van der Waals surface area (Å²) in [7, 11) is -2.94. The molecule has 1 amide bonds. The van der Waals surface area contributed by atoms with Crippen molar-refractivity contribution in [3.05, 3.63) is 29.8 Å². The summed E-state index contributed by atoms with van der Waals surface area (Å²) in [5, 5.41) is 6.95. The van der Waals surface area contributed by atoms with Crippen LogP contribution in [-0.4, -0.2) is 86.6 Å². The molecule has 3 aliphatic rings. The van der Waals surface area contributed by atoms with E-state index in [2.05, 4.69) is 20.5 Å². The second kappa shape index (κ2) is 9.03. The Morgan fingerprint density at radius 3 is 2.69 bits per heavy atom. The minimum Gasteiger partial charge on any atom is -0.379 e. The number of hydrogen-bond donors (Lipinski definition) is 2. The molecule has 0 radical (unpaired) electrons. The first kappa shape index (κ1) is 20.6. The Bertz CT molecular complexity index is 867. The van der Waals surface area contributed by atoms with E-state index in [-0.39, 0.29) is 28.7 Å². The Kier molecular flexibility index (Phi) is 6.43. The summed E-state index contributed by atoms with van der Waals surface area (Å²) in [6, 6.07) is 7.11. The zero-order valence-electron chi connectivity index (χ0n) is 16.2. The molecule has 10 heteroatoms. The Labute approximate surface area is 175 Å². The zero-order chi connectivity index (χ0) is 20.3. The first-order valence-electron chi connectivity index (χ1n) is 9.89. The number of hydrogen-bond acceptors (Lipinski definition) is 8. The maximum atomic E-state index is 12.3. The second-order valence-corrected chi connectivity index (χ2v) is 10.9. The number of carbonyl (C=O) groups excluding carboxylic acids is 1. The fourth-order valence-corrected chi connectivity index (χ4v) is 7.35. The molecule has 4 rings (SSSR count). The van der Waals surface area contributed by atoms with Crippen LogP contribution in [0.4, 0.5) is 5.69 Å². The number of carbonyl (C=O) groups is 1. The van der Waals surface area contributed by atoms with Gasteiger partial charge in [-0.1, -0.05) is 11.8 Å². The van der Waals surface area contributed by atoms with Crippen LogP contribution in [0.1, 0.15) is 16.8 Å². The molecule has 0 bridgehead atoms. The van der Waals surface area contributed by atoms with E-state index in [1.54, 1.807) is 12.1 Å². The van der Waals surface area contributed by atoms with Crippen molar-refractivity contribution < 1.29 is 17.9 Å². The lowest BCUT2D eigenvalue weighted by Gasteiger charge is -2.26. The molecule has 3 heterocycles. The topological polar surface area (TPSA) is 100 Å². The predicted octanol–water partition coefficient (Wildman–Crippen LogP) is 0.819. The minimum absolute atomic E-state index is 0.0185. The molecule has 0 saturated carbocycles. The average Bonchev–Trinajstić information content (AvgIpc) is 3.19. The fourth-order valence-electron chi connectivity index (χ4n) is 3.68. The van der Waals surface area contributed by atoms with Crippen molar-refractivity contribution in [3.8, 4) is 0 Å². The molecule has 2 saturated heterocycles. The van der Waals surface area contributed by atoms with Gasteiger partial charge in [0.05, 0.1) is 30.8 Å². The normalized spacial score (nSPS) is 26.0. The largest absolute Gasteiger partial charge is 0.379 e. The Morgan fingerprint density at radius 2 is 1.97 bits per heavy atom. The molecule has 0 spiro atoms. The Morgan fingerprint density at radius 1 is 1.21 bits per heavy atom. The number of benzene rings is 1. The van der Waals surface area contributed by atoms with E-state index in [1.807, 2.05) is 12.1 Å². The number of nitrogens with one attached hydrogen (secondary N) is 2. The molecule has 0 aliphatic carbocycles. The molecular formula is C19H26N4O4S2. The number of aliphatic imine (C=N–C) groups is 1. The molecule has 0 aromatic heterocycles. The molecule has 1 aromatic carbocycles. The smallest absolute Gasteiger partial charge is 0.251 e. The van der Waals surface area contributed by atoms with Crippen LogP contribution in [0.15, 0.2) is 29.3 Å². The standard InChI is InChI=1S/C19H26N4O4S2/c24-18(20-6-1-7-23-8-10-27-11-9-23)14-2-4-15(5-3-14)21-19-22-16-12-29(25,26)13-17(16)28-19/h2-5,16-17H,1,6-13H2,(H,20,24)(H,21,22)/t16-,17-/m0/s1. The minimum atomic E-state index is -2.94. The van der Waals surface area contributed by atoms with Crippen molar-refractivity contribution in [2.75, 3.05) is 56.2 Å². The molecule has 8 nitrogen and oxygen atoms in total. The summed E-state index contributed by atoms with van der Waals surface area (Å²) in [5.41, 5.74) is 1.45. The SMILES string of the molecule is O=C(NCCCN1CCOCC1)c1ccc(NC2=N[C@H]3CS(=O)(=O)C[C@@H]3S2)cc1. The number of rotatable bonds is 6. The number of nitrogens with zero attached hydrogens (tertiary/aromatic N) is 2. The lowest BCUT2D eigenvalue weighted by atomic mass is 10.2. The molecule has 2 N–H and O–H groups in total. The quantitative estimate of drug-likeness (QED) is 0.634. The number of thioether (sulfide) groups is 1. The molecule has 2 fully saturated rings. The molecule has 158 valence electrons. The van der Waals surface area contributed by atoms with E-state index in [0.29, 0.717) is 12.1 Å². The van der Waals surface area contributed by atoms with Gasteiger partial charge in [0.15, 0.2) is 15.0 Å². The third-order valence-corrected chi connectivity index (χ3v) is 8.40.